The van der Waals surface area contributed by atoms with Gasteiger partial charge in [-0.3, -0.25) is 0 Å². The number of benzene rings is 2. The first-order valence-electron chi connectivity index (χ1n) is 8.40. The van der Waals surface area contributed by atoms with E-state index in [1.807, 2.05) is 0 Å². The molecule has 0 aliphatic carbocycles. The van der Waals surface area contributed by atoms with Crippen molar-refractivity contribution >= 4 is 11.6 Å². The van der Waals surface area contributed by atoms with Crippen molar-refractivity contribution in [1.82, 2.24) is 0 Å². The molecule has 3 nitrogen and oxygen atoms in total. The fourth-order valence-corrected chi connectivity index (χ4v) is 2.87. The van der Waals surface area contributed by atoms with Crippen LogP contribution in [-0.2, 0) is 29.3 Å². The Hall–Kier alpha value is -1.81. The van der Waals surface area contributed by atoms with E-state index in [2.05, 4.69) is 0 Å². The van der Waals surface area contributed by atoms with E-state index >= 15 is 0 Å². The van der Waals surface area contributed by atoms with E-state index in [1.54, 1.807) is 0 Å². The second-order valence-corrected chi connectivity index (χ2v) is 6.92. The average Bonchev–Trinajstić information content (AvgIpc) is 2.60. The minimum atomic E-state index is -4.94. The normalized spacial score (nSPS) is 14.7. The monoisotopic (exact) mass is 441 g/mol. The Morgan fingerprint density at radius 2 is 1.38 bits per heavy atom. The van der Waals surface area contributed by atoms with Gasteiger partial charge in [0.25, 0.3) is 0 Å². The summed E-state index contributed by atoms with van der Waals surface area (Å²) in [7, 11) is 0. The number of halogens is 7. The molecule has 0 heterocycles. The fraction of sp³-hybridized carbons (Fsp3) is 0.368. The van der Waals surface area contributed by atoms with Gasteiger partial charge < -0.3 is 15.6 Å². The summed E-state index contributed by atoms with van der Waals surface area (Å²) >= 11 is 5.81. The fourth-order valence-electron chi connectivity index (χ4n) is 2.74. The first kappa shape index (κ1) is 23.5. The van der Waals surface area contributed by atoms with Gasteiger partial charge in [0.15, 0.2) is 0 Å². The zero-order valence-electron chi connectivity index (χ0n) is 14.9. The second-order valence-electron chi connectivity index (χ2n) is 6.48. The average molecular weight is 442 g/mol. The molecule has 0 aliphatic rings. The number of ether oxygens (including phenoxy) is 1. The molecule has 0 saturated carbocycles. The summed E-state index contributed by atoms with van der Waals surface area (Å²) < 4.78 is 82.9. The van der Waals surface area contributed by atoms with Crippen molar-refractivity contribution in [2.24, 2.45) is 5.73 Å². The van der Waals surface area contributed by atoms with Crippen LogP contribution in [0.2, 0.25) is 5.02 Å². The van der Waals surface area contributed by atoms with Crippen molar-refractivity contribution in [3.05, 3.63) is 69.7 Å². The summed E-state index contributed by atoms with van der Waals surface area (Å²) in [5.74, 6) is 0. The van der Waals surface area contributed by atoms with Crippen LogP contribution in [-0.4, -0.2) is 18.3 Å². The van der Waals surface area contributed by atoms with Gasteiger partial charge in [0.1, 0.15) is 5.60 Å². The van der Waals surface area contributed by atoms with Gasteiger partial charge in [-0.1, -0.05) is 23.7 Å². The van der Waals surface area contributed by atoms with Gasteiger partial charge in [0.2, 0.25) is 0 Å². The summed E-state index contributed by atoms with van der Waals surface area (Å²) in [6, 6.07) is 7.34. The predicted octanol–water partition coefficient (Wildman–Crippen LogP) is 5.13. The highest BCUT2D eigenvalue weighted by Gasteiger charge is 2.37. The van der Waals surface area contributed by atoms with Crippen molar-refractivity contribution in [2.75, 3.05) is 13.2 Å². The number of hydrogen-bond acceptors (Lipinski definition) is 3. The number of rotatable bonds is 7. The van der Waals surface area contributed by atoms with Crippen LogP contribution in [0.5, 0.6) is 0 Å². The van der Waals surface area contributed by atoms with E-state index in [0.717, 1.165) is 0 Å². The maximum atomic E-state index is 12.9. The summed E-state index contributed by atoms with van der Waals surface area (Å²) in [4.78, 5) is 0. The third-order valence-electron chi connectivity index (χ3n) is 4.20. The number of hydrogen-bond donors (Lipinski definition) is 2. The van der Waals surface area contributed by atoms with Gasteiger partial charge in [-0.15, -0.1) is 0 Å². The highest BCUT2D eigenvalue weighted by molar-refractivity contribution is 6.30. The lowest BCUT2D eigenvalue weighted by molar-refractivity contribution is -0.143. The molecule has 3 N–H and O–H groups in total. The third-order valence-corrected chi connectivity index (χ3v) is 4.45. The van der Waals surface area contributed by atoms with Gasteiger partial charge in [-0.25, -0.2) is 0 Å². The maximum Gasteiger partial charge on any atom is 0.416 e. The van der Waals surface area contributed by atoms with E-state index in [4.69, 9.17) is 22.1 Å². The van der Waals surface area contributed by atoms with E-state index in [9.17, 15) is 31.4 Å². The Kier molecular flexibility index (Phi) is 7.21. The molecule has 0 radical (unpaired) electrons. The van der Waals surface area contributed by atoms with Gasteiger partial charge in [0, 0.05) is 5.02 Å². The molecule has 1 atom stereocenters. The van der Waals surface area contributed by atoms with Crippen molar-refractivity contribution in [3.63, 3.8) is 0 Å². The van der Waals surface area contributed by atoms with E-state index in [-0.39, 0.29) is 31.2 Å². The molecule has 0 spiro atoms. The molecule has 10 heteroatoms. The van der Waals surface area contributed by atoms with Gasteiger partial charge in [-0.05, 0) is 54.4 Å². The molecule has 160 valence electrons. The molecular formula is C19H18ClF6NO2. The van der Waals surface area contributed by atoms with Crippen molar-refractivity contribution in [1.29, 1.82) is 0 Å². The largest absolute Gasteiger partial charge is 0.416 e. The summed E-state index contributed by atoms with van der Waals surface area (Å²) in [6.45, 7) is -0.874. The maximum absolute atomic E-state index is 12.9. The molecular weight excluding hydrogens is 424 g/mol. The first-order valence-corrected chi connectivity index (χ1v) is 8.77. The van der Waals surface area contributed by atoms with Gasteiger partial charge >= 0.3 is 12.4 Å². The molecule has 0 fully saturated rings. The van der Waals surface area contributed by atoms with Crippen LogP contribution in [0.1, 0.15) is 28.7 Å². The Bertz CT molecular complexity index is 791. The summed E-state index contributed by atoms with van der Waals surface area (Å²) in [5.41, 5.74) is 1.16. The molecule has 29 heavy (non-hydrogen) atoms. The topological polar surface area (TPSA) is 55.5 Å². The highest BCUT2D eigenvalue weighted by Crippen LogP contribution is 2.36. The molecule has 2 aromatic carbocycles. The molecule has 0 aromatic heterocycles. The molecule has 0 amide bonds. The Balaban J connectivity index is 2.22. The Morgan fingerprint density at radius 3 is 1.83 bits per heavy atom. The van der Waals surface area contributed by atoms with Crippen LogP contribution < -0.4 is 5.73 Å². The van der Waals surface area contributed by atoms with Crippen LogP contribution in [0.4, 0.5) is 26.3 Å². The molecule has 1 unspecified atom stereocenters. The lowest BCUT2D eigenvalue weighted by atomic mass is 9.91. The molecule has 0 saturated heterocycles. The van der Waals surface area contributed by atoms with E-state index in [0.29, 0.717) is 22.7 Å². The minimum absolute atomic E-state index is 0.0436. The quantitative estimate of drug-likeness (QED) is 0.586. The Labute approximate surface area is 168 Å². The van der Waals surface area contributed by atoms with Crippen LogP contribution in [0.3, 0.4) is 0 Å². The van der Waals surface area contributed by atoms with Crippen molar-refractivity contribution in [2.45, 2.75) is 31.0 Å². The zero-order valence-corrected chi connectivity index (χ0v) is 15.7. The number of aliphatic hydroxyl groups is 1. The number of alkyl halides is 6. The van der Waals surface area contributed by atoms with Crippen molar-refractivity contribution in [3.8, 4) is 0 Å². The molecule has 2 aromatic rings. The lowest BCUT2D eigenvalue weighted by Crippen LogP contribution is -2.34. The third kappa shape index (κ3) is 6.33. The Morgan fingerprint density at radius 1 is 0.862 bits per heavy atom. The zero-order chi connectivity index (χ0) is 21.9. The second kappa shape index (κ2) is 8.91. The predicted molar refractivity (Wildman–Crippen MR) is 95.1 cm³/mol. The molecule has 0 aliphatic heterocycles. The molecule has 2 rings (SSSR count). The molecule has 0 bridgehead atoms. The summed E-state index contributed by atoms with van der Waals surface area (Å²) in [6.07, 6.45) is -9.83. The SMILES string of the molecule is NCCC(O)(COCc1cc(C(F)(F)F)cc(C(F)(F)F)c1)c1ccc(Cl)cc1. The van der Waals surface area contributed by atoms with Gasteiger partial charge in [-0.2, -0.15) is 26.3 Å². The standard InChI is InChI=1S/C19H18ClF6NO2/c20-16-3-1-13(2-4-16)17(28,5-6-27)11-29-10-12-7-14(18(21,22)23)9-15(8-12)19(24,25)26/h1-4,7-9,28H,5-6,10-11,27H2. The number of nitrogens with two attached hydrogens (primary N) is 1. The van der Waals surface area contributed by atoms with Crippen LogP contribution in [0.25, 0.3) is 0 Å². The smallest absolute Gasteiger partial charge is 0.383 e. The van der Waals surface area contributed by atoms with E-state index < -0.39 is 35.7 Å². The van der Waals surface area contributed by atoms with E-state index in [1.165, 1.54) is 24.3 Å². The minimum Gasteiger partial charge on any atom is -0.383 e. The van der Waals surface area contributed by atoms with Crippen molar-refractivity contribution < 1.29 is 36.2 Å². The van der Waals surface area contributed by atoms with Crippen LogP contribution in [0.15, 0.2) is 42.5 Å². The lowest BCUT2D eigenvalue weighted by Gasteiger charge is -2.28. The summed E-state index contributed by atoms with van der Waals surface area (Å²) in [5, 5.41) is 11.2. The van der Waals surface area contributed by atoms with Crippen LogP contribution >= 0.6 is 11.6 Å². The first-order chi connectivity index (χ1) is 13.3. The van der Waals surface area contributed by atoms with Crippen LogP contribution in [0, 0.1) is 0 Å². The highest BCUT2D eigenvalue weighted by atomic mass is 35.5. The van der Waals surface area contributed by atoms with Gasteiger partial charge in [0.05, 0.1) is 24.3 Å².